The second-order valence-corrected chi connectivity index (χ2v) is 4.34. The van der Waals surface area contributed by atoms with E-state index >= 15 is 0 Å². The van der Waals surface area contributed by atoms with Crippen molar-refractivity contribution in [3.05, 3.63) is 0 Å². The number of aliphatic carboxylic acids is 1. The molecule has 1 heterocycles. The molecule has 1 fully saturated rings. The third-order valence-corrected chi connectivity index (χ3v) is 2.57. The van der Waals surface area contributed by atoms with Crippen LogP contribution in [0.15, 0.2) is 0 Å². The summed E-state index contributed by atoms with van der Waals surface area (Å²) >= 11 is 0. The van der Waals surface area contributed by atoms with Gasteiger partial charge >= 0.3 is 11.9 Å². The van der Waals surface area contributed by atoms with E-state index in [1.807, 2.05) is 4.90 Å². The summed E-state index contributed by atoms with van der Waals surface area (Å²) in [5.41, 5.74) is 0. The molecule has 0 amide bonds. The van der Waals surface area contributed by atoms with E-state index in [-0.39, 0.29) is 12.5 Å². The zero-order valence-corrected chi connectivity index (χ0v) is 9.81. The van der Waals surface area contributed by atoms with E-state index in [2.05, 4.69) is 0 Å². The van der Waals surface area contributed by atoms with Crippen LogP contribution in [0.4, 0.5) is 0 Å². The van der Waals surface area contributed by atoms with E-state index in [1.54, 1.807) is 13.8 Å². The molecule has 0 radical (unpaired) electrons. The van der Waals surface area contributed by atoms with Crippen molar-refractivity contribution in [3.8, 4) is 0 Å². The van der Waals surface area contributed by atoms with E-state index in [9.17, 15) is 9.59 Å². The Kier molecular flexibility index (Phi) is 4.73. The Morgan fingerprint density at radius 2 is 1.88 bits per heavy atom. The van der Waals surface area contributed by atoms with Gasteiger partial charge in [-0.2, -0.15) is 0 Å². The highest BCUT2D eigenvalue weighted by molar-refractivity contribution is 5.82. The highest BCUT2D eigenvalue weighted by atomic mass is 16.5. The Morgan fingerprint density at radius 1 is 1.31 bits per heavy atom. The van der Waals surface area contributed by atoms with Crippen molar-refractivity contribution in [1.29, 1.82) is 0 Å². The molecule has 1 aliphatic rings. The lowest BCUT2D eigenvalue weighted by Gasteiger charge is -2.25. The summed E-state index contributed by atoms with van der Waals surface area (Å²) in [6, 6.07) is -0.623. The monoisotopic (exact) mass is 229 g/mol. The average molecular weight is 229 g/mol. The van der Waals surface area contributed by atoms with Crippen LogP contribution in [0.25, 0.3) is 0 Å². The molecule has 5 heteroatoms. The van der Waals surface area contributed by atoms with Gasteiger partial charge in [0.25, 0.3) is 0 Å². The van der Waals surface area contributed by atoms with Crippen molar-refractivity contribution >= 4 is 11.9 Å². The standard InChI is InChI=1S/C11H19NO4/c1-8(2)16-11(15)9(7-10(13)14)12-5-3-4-6-12/h8-9H,3-7H2,1-2H3,(H,13,14). The van der Waals surface area contributed by atoms with Crippen LogP contribution in [-0.4, -0.2) is 47.2 Å². The normalized spacial score (nSPS) is 18.7. The highest BCUT2D eigenvalue weighted by Crippen LogP contribution is 2.16. The van der Waals surface area contributed by atoms with Gasteiger partial charge in [-0.3, -0.25) is 14.5 Å². The zero-order valence-electron chi connectivity index (χ0n) is 9.81. The molecule has 0 aromatic carbocycles. The topological polar surface area (TPSA) is 66.8 Å². The first-order chi connectivity index (χ1) is 7.50. The molecule has 1 N–H and O–H groups in total. The van der Waals surface area contributed by atoms with Gasteiger partial charge in [-0.05, 0) is 39.8 Å². The molecule has 1 rings (SSSR count). The largest absolute Gasteiger partial charge is 0.481 e. The van der Waals surface area contributed by atoms with E-state index in [1.165, 1.54) is 0 Å². The molecular weight excluding hydrogens is 210 g/mol. The number of esters is 1. The predicted octanol–water partition coefficient (Wildman–Crippen LogP) is 0.877. The first kappa shape index (κ1) is 13.0. The number of hydrogen-bond donors (Lipinski definition) is 1. The minimum Gasteiger partial charge on any atom is -0.481 e. The first-order valence-electron chi connectivity index (χ1n) is 5.67. The molecule has 0 aromatic heterocycles. The summed E-state index contributed by atoms with van der Waals surface area (Å²) in [5.74, 6) is -1.38. The van der Waals surface area contributed by atoms with Gasteiger partial charge in [0.05, 0.1) is 12.5 Å². The van der Waals surface area contributed by atoms with E-state index in [4.69, 9.17) is 9.84 Å². The summed E-state index contributed by atoms with van der Waals surface area (Å²) in [7, 11) is 0. The van der Waals surface area contributed by atoms with Crippen LogP contribution in [0.3, 0.4) is 0 Å². The Labute approximate surface area is 95.4 Å². The van der Waals surface area contributed by atoms with Gasteiger partial charge in [0.1, 0.15) is 6.04 Å². The van der Waals surface area contributed by atoms with E-state index in [0.717, 1.165) is 25.9 Å². The summed E-state index contributed by atoms with van der Waals surface area (Å²) in [6.45, 7) is 5.09. The number of carbonyl (C=O) groups excluding carboxylic acids is 1. The van der Waals surface area contributed by atoms with Crippen molar-refractivity contribution in [2.24, 2.45) is 0 Å². The molecule has 0 aromatic rings. The van der Waals surface area contributed by atoms with Crippen LogP contribution in [0.2, 0.25) is 0 Å². The maximum atomic E-state index is 11.7. The van der Waals surface area contributed by atoms with Crippen LogP contribution < -0.4 is 0 Å². The molecule has 1 saturated heterocycles. The molecule has 0 bridgehead atoms. The Hall–Kier alpha value is -1.10. The smallest absolute Gasteiger partial charge is 0.324 e. The maximum Gasteiger partial charge on any atom is 0.324 e. The summed E-state index contributed by atoms with van der Waals surface area (Å²) in [6.07, 6.45) is 1.66. The number of rotatable bonds is 5. The lowest BCUT2D eigenvalue weighted by molar-refractivity contribution is -0.157. The first-order valence-corrected chi connectivity index (χ1v) is 5.67. The van der Waals surface area contributed by atoms with Gasteiger partial charge < -0.3 is 9.84 Å². The van der Waals surface area contributed by atoms with Crippen LogP contribution in [0, 0.1) is 0 Å². The van der Waals surface area contributed by atoms with Crippen LogP contribution in [-0.2, 0) is 14.3 Å². The SMILES string of the molecule is CC(C)OC(=O)C(CC(=O)O)N1CCCC1. The second kappa shape index (κ2) is 5.84. The number of carboxylic acid groups (broad SMARTS) is 1. The molecule has 92 valence electrons. The fourth-order valence-corrected chi connectivity index (χ4v) is 1.89. The lowest BCUT2D eigenvalue weighted by atomic mass is 10.2. The van der Waals surface area contributed by atoms with Crippen molar-refractivity contribution in [2.75, 3.05) is 13.1 Å². The zero-order chi connectivity index (χ0) is 12.1. The van der Waals surface area contributed by atoms with E-state index in [0.29, 0.717) is 0 Å². The molecule has 1 aliphatic heterocycles. The minimum atomic E-state index is -0.961. The molecule has 5 nitrogen and oxygen atoms in total. The molecular formula is C11H19NO4. The number of hydrogen-bond acceptors (Lipinski definition) is 4. The molecule has 16 heavy (non-hydrogen) atoms. The van der Waals surface area contributed by atoms with E-state index < -0.39 is 18.0 Å². The van der Waals surface area contributed by atoms with Crippen LogP contribution in [0.5, 0.6) is 0 Å². The van der Waals surface area contributed by atoms with Crippen molar-refractivity contribution in [1.82, 2.24) is 4.90 Å². The molecule has 1 unspecified atom stereocenters. The molecule has 0 saturated carbocycles. The predicted molar refractivity (Wildman–Crippen MR) is 58.1 cm³/mol. The Bertz CT molecular complexity index is 259. The second-order valence-electron chi connectivity index (χ2n) is 4.34. The maximum absolute atomic E-state index is 11.7. The third kappa shape index (κ3) is 3.81. The van der Waals surface area contributed by atoms with Crippen molar-refractivity contribution < 1.29 is 19.4 Å². The van der Waals surface area contributed by atoms with Gasteiger partial charge in [0, 0.05) is 0 Å². The number of carbonyl (C=O) groups is 2. The number of likely N-dealkylation sites (tertiary alicyclic amines) is 1. The van der Waals surface area contributed by atoms with Crippen LogP contribution >= 0.6 is 0 Å². The Morgan fingerprint density at radius 3 is 2.31 bits per heavy atom. The molecule has 0 spiro atoms. The van der Waals surface area contributed by atoms with Gasteiger partial charge in [-0.15, -0.1) is 0 Å². The fraction of sp³-hybridized carbons (Fsp3) is 0.818. The molecule has 1 atom stereocenters. The van der Waals surface area contributed by atoms with Gasteiger partial charge in [-0.25, -0.2) is 0 Å². The van der Waals surface area contributed by atoms with Crippen LogP contribution in [0.1, 0.15) is 33.1 Å². The number of carboxylic acids is 1. The quantitative estimate of drug-likeness (QED) is 0.709. The van der Waals surface area contributed by atoms with Crippen molar-refractivity contribution in [2.45, 2.75) is 45.3 Å². The van der Waals surface area contributed by atoms with Gasteiger partial charge in [-0.1, -0.05) is 0 Å². The fourth-order valence-electron chi connectivity index (χ4n) is 1.89. The third-order valence-electron chi connectivity index (χ3n) is 2.57. The Balaban J connectivity index is 2.61. The number of ether oxygens (including phenoxy) is 1. The average Bonchev–Trinajstić information content (AvgIpc) is 2.64. The van der Waals surface area contributed by atoms with Gasteiger partial charge in [0.15, 0.2) is 0 Å². The van der Waals surface area contributed by atoms with Crippen molar-refractivity contribution in [3.63, 3.8) is 0 Å². The summed E-state index contributed by atoms with van der Waals surface area (Å²) in [4.78, 5) is 24.4. The summed E-state index contributed by atoms with van der Waals surface area (Å²) in [5, 5.41) is 8.79. The molecule has 0 aliphatic carbocycles. The lowest BCUT2D eigenvalue weighted by Crippen LogP contribution is -2.42. The van der Waals surface area contributed by atoms with Gasteiger partial charge in [0.2, 0.25) is 0 Å². The minimum absolute atomic E-state index is 0.175. The number of nitrogens with zero attached hydrogens (tertiary/aromatic N) is 1. The summed E-state index contributed by atoms with van der Waals surface area (Å²) < 4.78 is 5.08. The highest BCUT2D eigenvalue weighted by Gasteiger charge is 2.31.